The molecular weight excluding hydrogens is 272 g/mol. The van der Waals surface area contributed by atoms with Crippen molar-refractivity contribution in [1.82, 2.24) is 10.3 Å². The minimum Gasteiger partial charge on any atom is -0.350 e. The van der Waals surface area contributed by atoms with Gasteiger partial charge in [-0.1, -0.05) is 0 Å². The van der Waals surface area contributed by atoms with E-state index < -0.39 is 16.4 Å². The molecule has 19 heavy (non-hydrogen) atoms. The Labute approximate surface area is 117 Å². The molecule has 0 radical (unpaired) electrons. The van der Waals surface area contributed by atoms with Gasteiger partial charge in [0.2, 0.25) is 0 Å². The fourth-order valence-electron chi connectivity index (χ4n) is 1.26. The number of halogens is 1. The lowest BCUT2D eigenvalue weighted by Crippen LogP contribution is -2.45. The van der Waals surface area contributed by atoms with Crippen LogP contribution in [0.15, 0.2) is 12.3 Å². The summed E-state index contributed by atoms with van der Waals surface area (Å²) in [5.41, 5.74) is 5.61. The molecule has 0 aliphatic heterocycles. The van der Waals surface area contributed by atoms with E-state index in [1.807, 2.05) is 0 Å². The second-order valence-electron chi connectivity index (χ2n) is 4.75. The van der Waals surface area contributed by atoms with Gasteiger partial charge < -0.3 is 11.1 Å². The molecule has 0 aliphatic carbocycles. The number of nitrogens with two attached hydrogens (primary N) is 1. The highest BCUT2D eigenvalue weighted by Crippen LogP contribution is 2.14. The van der Waals surface area contributed by atoms with Gasteiger partial charge in [-0.25, -0.2) is 0 Å². The highest BCUT2D eigenvalue weighted by Gasteiger charge is 2.18. The standard InChI is InChI=1S/C11H16N4O3.ClH/c1-7-9(4-8(5-13-7)15(17)18)10(16)14-6-11(2,3)12;/h4-5H,6,12H2,1-3H3,(H,14,16);1H. The van der Waals surface area contributed by atoms with E-state index >= 15 is 0 Å². The molecule has 8 heteroatoms. The SMILES string of the molecule is Cc1ncc([N+](=O)[O-])cc1C(=O)NCC(C)(C)N.Cl. The van der Waals surface area contributed by atoms with Crippen molar-refractivity contribution >= 4 is 24.0 Å². The topological polar surface area (TPSA) is 111 Å². The number of nitro groups is 1. The summed E-state index contributed by atoms with van der Waals surface area (Å²) in [5.74, 6) is -0.415. The Morgan fingerprint density at radius 2 is 2.16 bits per heavy atom. The summed E-state index contributed by atoms with van der Waals surface area (Å²) in [5, 5.41) is 13.2. The number of pyridine rings is 1. The smallest absolute Gasteiger partial charge is 0.288 e. The summed E-state index contributed by atoms with van der Waals surface area (Å²) in [6, 6.07) is 1.21. The molecule has 1 aromatic heterocycles. The maximum absolute atomic E-state index is 11.9. The molecule has 1 aromatic rings. The highest BCUT2D eigenvalue weighted by atomic mass is 35.5. The van der Waals surface area contributed by atoms with Gasteiger partial charge in [-0.3, -0.25) is 19.9 Å². The van der Waals surface area contributed by atoms with E-state index in [1.54, 1.807) is 20.8 Å². The van der Waals surface area contributed by atoms with Crippen molar-refractivity contribution in [2.45, 2.75) is 26.3 Å². The number of nitrogens with zero attached hydrogens (tertiary/aromatic N) is 2. The number of carbonyl (C=O) groups is 1. The van der Waals surface area contributed by atoms with E-state index in [-0.39, 0.29) is 30.2 Å². The number of nitrogens with one attached hydrogen (secondary N) is 1. The summed E-state index contributed by atoms with van der Waals surface area (Å²) in [4.78, 5) is 25.7. The summed E-state index contributed by atoms with van der Waals surface area (Å²) >= 11 is 0. The van der Waals surface area contributed by atoms with Crippen molar-refractivity contribution in [2.75, 3.05) is 6.54 Å². The van der Waals surface area contributed by atoms with E-state index in [0.717, 1.165) is 6.20 Å². The van der Waals surface area contributed by atoms with Crippen molar-refractivity contribution in [3.63, 3.8) is 0 Å². The van der Waals surface area contributed by atoms with Crippen LogP contribution in [0.25, 0.3) is 0 Å². The van der Waals surface area contributed by atoms with Crippen LogP contribution < -0.4 is 11.1 Å². The second-order valence-corrected chi connectivity index (χ2v) is 4.75. The van der Waals surface area contributed by atoms with Crippen LogP contribution >= 0.6 is 12.4 Å². The van der Waals surface area contributed by atoms with Crippen LogP contribution in [0.4, 0.5) is 5.69 Å². The van der Waals surface area contributed by atoms with Crippen molar-refractivity contribution < 1.29 is 9.72 Å². The Kier molecular flexibility index (Phi) is 5.85. The first kappa shape index (κ1) is 17.3. The highest BCUT2D eigenvalue weighted by molar-refractivity contribution is 5.95. The van der Waals surface area contributed by atoms with E-state index in [9.17, 15) is 14.9 Å². The van der Waals surface area contributed by atoms with Crippen LogP contribution in [0.1, 0.15) is 29.9 Å². The first-order valence-electron chi connectivity index (χ1n) is 5.39. The van der Waals surface area contributed by atoms with Crippen LogP contribution in [0, 0.1) is 17.0 Å². The third-order valence-corrected chi connectivity index (χ3v) is 2.23. The van der Waals surface area contributed by atoms with Gasteiger partial charge in [-0.2, -0.15) is 0 Å². The molecule has 0 saturated carbocycles. The molecule has 0 bridgehead atoms. The van der Waals surface area contributed by atoms with Gasteiger partial charge in [0, 0.05) is 18.2 Å². The zero-order chi connectivity index (χ0) is 13.9. The number of amides is 1. The maximum Gasteiger partial charge on any atom is 0.288 e. The summed E-state index contributed by atoms with van der Waals surface area (Å²) in [6.07, 6.45) is 1.12. The van der Waals surface area contributed by atoms with Gasteiger partial charge in [0.1, 0.15) is 6.20 Å². The van der Waals surface area contributed by atoms with E-state index in [1.165, 1.54) is 6.07 Å². The normalized spacial score (nSPS) is 10.5. The average Bonchev–Trinajstić information content (AvgIpc) is 2.25. The molecule has 0 aromatic carbocycles. The molecule has 0 saturated heterocycles. The maximum atomic E-state index is 11.9. The largest absolute Gasteiger partial charge is 0.350 e. The molecule has 1 amide bonds. The third kappa shape index (κ3) is 5.19. The van der Waals surface area contributed by atoms with E-state index in [4.69, 9.17) is 5.73 Å². The van der Waals surface area contributed by atoms with Crippen LogP contribution in [0.2, 0.25) is 0 Å². The Bertz CT molecular complexity index is 485. The molecule has 0 aliphatic rings. The Hall–Kier alpha value is -1.73. The molecular formula is C11H17ClN4O3. The molecule has 1 heterocycles. The molecule has 0 fully saturated rings. The molecule has 3 N–H and O–H groups in total. The van der Waals surface area contributed by atoms with Crippen LogP contribution in [-0.2, 0) is 0 Å². The van der Waals surface area contributed by atoms with Gasteiger partial charge in [0.05, 0.1) is 16.2 Å². The van der Waals surface area contributed by atoms with Crippen LogP contribution in [0.3, 0.4) is 0 Å². The van der Waals surface area contributed by atoms with Gasteiger partial charge in [-0.05, 0) is 20.8 Å². The monoisotopic (exact) mass is 288 g/mol. The van der Waals surface area contributed by atoms with Gasteiger partial charge in [0.25, 0.3) is 11.6 Å². The van der Waals surface area contributed by atoms with Crippen molar-refractivity contribution in [3.05, 3.63) is 33.6 Å². The summed E-state index contributed by atoms with van der Waals surface area (Å²) < 4.78 is 0. The summed E-state index contributed by atoms with van der Waals surface area (Å²) in [7, 11) is 0. The molecule has 0 unspecified atom stereocenters. The number of carbonyl (C=O) groups excluding carboxylic acids is 1. The molecule has 1 rings (SSSR count). The van der Waals surface area contributed by atoms with E-state index in [2.05, 4.69) is 10.3 Å². The van der Waals surface area contributed by atoms with Crippen LogP contribution in [-0.4, -0.2) is 27.9 Å². The van der Waals surface area contributed by atoms with Crippen molar-refractivity contribution in [2.24, 2.45) is 5.73 Å². The first-order chi connectivity index (χ1) is 8.20. The number of rotatable bonds is 4. The van der Waals surface area contributed by atoms with Crippen LogP contribution in [0.5, 0.6) is 0 Å². The zero-order valence-electron chi connectivity index (χ0n) is 11.0. The number of aryl methyl sites for hydroxylation is 1. The van der Waals surface area contributed by atoms with Gasteiger partial charge in [0.15, 0.2) is 0 Å². The summed E-state index contributed by atoms with van der Waals surface area (Å²) in [6.45, 7) is 5.43. The minimum absolute atomic E-state index is 0. The molecule has 0 spiro atoms. The quantitative estimate of drug-likeness (QED) is 0.638. The Balaban J connectivity index is 0.00000324. The lowest BCUT2D eigenvalue weighted by Gasteiger charge is -2.19. The Morgan fingerprint density at radius 1 is 1.58 bits per heavy atom. The van der Waals surface area contributed by atoms with Gasteiger partial charge >= 0.3 is 0 Å². The lowest BCUT2D eigenvalue weighted by molar-refractivity contribution is -0.385. The van der Waals surface area contributed by atoms with Crippen molar-refractivity contribution in [1.29, 1.82) is 0 Å². The molecule has 0 atom stereocenters. The predicted octanol–water partition coefficient (Wildman–Crippen LogP) is 1.19. The number of hydrogen-bond donors (Lipinski definition) is 2. The van der Waals surface area contributed by atoms with E-state index in [0.29, 0.717) is 5.69 Å². The number of aromatic nitrogens is 1. The fraction of sp³-hybridized carbons (Fsp3) is 0.455. The molecule has 7 nitrogen and oxygen atoms in total. The minimum atomic E-state index is -0.587. The second kappa shape index (κ2) is 6.44. The lowest BCUT2D eigenvalue weighted by atomic mass is 10.1. The predicted molar refractivity (Wildman–Crippen MR) is 73.5 cm³/mol. The fourth-order valence-corrected chi connectivity index (χ4v) is 1.26. The van der Waals surface area contributed by atoms with Crippen molar-refractivity contribution in [3.8, 4) is 0 Å². The first-order valence-corrected chi connectivity index (χ1v) is 5.39. The van der Waals surface area contributed by atoms with Gasteiger partial charge in [-0.15, -0.1) is 12.4 Å². The number of hydrogen-bond acceptors (Lipinski definition) is 5. The zero-order valence-corrected chi connectivity index (χ0v) is 11.8. The molecule has 106 valence electrons. The average molecular weight is 289 g/mol. The Morgan fingerprint density at radius 3 is 2.63 bits per heavy atom. The third-order valence-electron chi connectivity index (χ3n) is 2.23.